The van der Waals surface area contributed by atoms with Crippen LogP contribution >= 0.6 is 23.4 Å². The van der Waals surface area contributed by atoms with Gasteiger partial charge in [-0.25, -0.2) is 0 Å². The summed E-state index contributed by atoms with van der Waals surface area (Å²) in [6, 6.07) is 12.4. The third-order valence-corrected chi connectivity index (χ3v) is 5.80. The molecule has 0 bridgehead atoms. The molecule has 1 N–H and O–H groups in total. The minimum atomic E-state index is -0.397. The second kappa shape index (κ2) is 11.8. The van der Waals surface area contributed by atoms with E-state index < -0.39 is 5.91 Å². The molecule has 7 nitrogen and oxygen atoms in total. The number of nitrogens with zero attached hydrogens (tertiary/aromatic N) is 1. The zero-order chi connectivity index (χ0) is 23.8. The number of hydrogen-bond acceptors (Lipinski definition) is 6. The van der Waals surface area contributed by atoms with Crippen molar-refractivity contribution in [1.29, 1.82) is 0 Å². The number of hydrogen-bond donors (Lipinski definition) is 1. The lowest BCUT2D eigenvalue weighted by atomic mass is 10.2. The largest absolute Gasteiger partial charge is 0.490 e. The summed E-state index contributed by atoms with van der Waals surface area (Å²) in [5.41, 5.74) is 1.13. The van der Waals surface area contributed by atoms with E-state index in [9.17, 15) is 14.4 Å². The number of imide groups is 1. The second-order valence-electron chi connectivity index (χ2n) is 7.07. The lowest BCUT2D eigenvalue weighted by molar-refractivity contribution is -0.122. The van der Waals surface area contributed by atoms with E-state index >= 15 is 0 Å². The maximum atomic E-state index is 12.6. The van der Waals surface area contributed by atoms with Crippen molar-refractivity contribution in [3.05, 3.63) is 63.5 Å². The van der Waals surface area contributed by atoms with Gasteiger partial charge in [-0.3, -0.25) is 19.3 Å². The first-order valence-electron chi connectivity index (χ1n) is 10.6. The van der Waals surface area contributed by atoms with Crippen molar-refractivity contribution in [3.63, 3.8) is 0 Å². The zero-order valence-corrected chi connectivity index (χ0v) is 20.0. The molecular formula is C24H25ClN2O5S. The molecular weight excluding hydrogens is 464 g/mol. The van der Waals surface area contributed by atoms with E-state index in [0.717, 1.165) is 28.6 Å². The summed E-state index contributed by atoms with van der Waals surface area (Å²) >= 11 is 7.20. The van der Waals surface area contributed by atoms with Crippen LogP contribution in [0.3, 0.4) is 0 Å². The molecule has 1 fully saturated rings. The Balaban J connectivity index is 1.62. The summed E-state index contributed by atoms with van der Waals surface area (Å²) in [6.45, 7) is 4.83. The molecule has 0 radical (unpaired) electrons. The number of halogens is 1. The molecule has 1 heterocycles. The Bertz CT molecular complexity index is 1060. The van der Waals surface area contributed by atoms with Crippen LogP contribution in [0.4, 0.5) is 4.79 Å². The fourth-order valence-corrected chi connectivity index (χ4v) is 4.21. The van der Waals surface area contributed by atoms with E-state index in [0.29, 0.717) is 35.2 Å². The molecule has 2 aromatic rings. The summed E-state index contributed by atoms with van der Waals surface area (Å²) in [5, 5.41) is 2.63. The van der Waals surface area contributed by atoms with Gasteiger partial charge in [-0.1, -0.05) is 48.9 Å². The summed E-state index contributed by atoms with van der Waals surface area (Å²) in [5.74, 6) is 0.0226. The molecule has 0 atom stereocenters. The molecule has 33 heavy (non-hydrogen) atoms. The molecule has 3 amide bonds. The highest BCUT2D eigenvalue weighted by Crippen LogP contribution is 2.37. The Morgan fingerprint density at radius 2 is 1.91 bits per heavy atom. The Hall–Kier alpha value is -2.97. The van der Waals surface area contributed by atoms with Crippen molar-refractivity contribution in [2.75, 3.05) is 26.3 Å². The lowest BCUT2D eigenvalue weighted by Crippen LogP contribution is -2.37. The summed E-state index contributed by atoms with van der Waals surface area (Å²) in [6.07, 6.45) is 2.49. The number of thioether (sulfide) groups is 1. The van der Waals surface area contributed by atoms with Crippen LogP contribution in [0, 0.1) is 0 Å². The first-order valence-corrected chi connectivity index (χ1v) is 11.8. The van der Waals surface area contributed by atoms with Gasteiger partial charge in [0.2, 0.25) is 0 Å². The molecule has 0 aromatic heterocycles. The highest BCUT2D eigenvalue weighted by molar-refractivity contribution is 8.18. The molecule has 0 aliphatic carbocycles. The van der Waals surface area contributed by atoms with E-state index in [2.05, 4.69) is 5.32 Å². The quantitative estimate of drug-likeness (QED) is 0.474. The number of nitrogens with one attached hydrogen (secondary N) is 1. The summed E-state index contributed by atoms with van der Waals surface area (Å²) in [7, 11) is 0. The monoisotopic (exact) mass is 488 g/mol. The van der Waals surface area contributed by atoms with Crippen LogP contribution in [0.25, 0.3) is 6.08 Å². The molecule has 1 aliphatic heterocycles. The van der Waals surface area contributed by atoms with Gasteiger partial charge in [-0.2, -0.15) is 0 Å². The molecule has 9 heteroatoms. The molecule has 3 rings (SSSR count). The molecule has 0 unspecified atom stereocenters. The fourth-order valence-electron chi connectivity index (χ4n) is 3.08. The lowest BCUT2D eigenvalue weighted by Gasteiger charge is -2.16. The number of ether oxygens (including phenoxy) is 2. The number of amides is 3. The third kappa shape index (κ3) is 6.30. The average molecular weight is 489 g/mol. The highest BCUT2D eigenvalue weighted by atomic mass is 35.5. The van der Waals surface area contributed by atoms with E-state index in [1.807, 2.05) is 44.2 Å². The van der Waals surface area contributed by atoms with Crippen LogP contribution in [-0.2, 0) is 4.79 Å². The molecule has 1 aliphatic rings. The van der Waals surface area contributed by atoms with Crippen molar-refractivity contribution in [2.45, 2.75) is 20.3 Å². The first-order chi connectivity index (χ1) is 15.9. The maximum absolute atomic E-state index is 12.6. The first kappa shape index (κ1) is 24.7. The molecule has 1 saturated heterocycles. The Morgan fingerprint density at radius 1 is 1.15 bits per heavy atom. The molecule has 174 valence electrons. The zero-order valence-electron chi connectivity index (χ0n) is 18.4. The van der Waals surface area contributed by atoms with Crippen LogP contribution in [0.5, 0.6) is 11.5 Å². The Labute approximate surface area is 202 Å². The maximum Gasteiger partial charge on any atom is 0.293 e. The smallest absolute Gasteiger partial charge is 0.293 e. The van der Waals surface area contributed by atoms with E-state index in [1.54, 1.807) is 12.1 Å². The van der Waals surface area contributed by atoms with Crippen molar-refractivity contribution in [2.24, 2.45) is 0 Å². The molecule has 0 saturated carbocycles. The number of rotatable bonds is 10. The summed E-state index contributed by atoms with van der Waals surface area (Å²) < 4.78 is 11.2. The number of carbonyl (C=O) groups excluding carboxylic acids is 3. The van der Waals surface area contributed by atoms with E-state index in [1.165, 1.54) is 6.07 Å². The SMILES string of the molecule is CCCOc1c(Cl)cc(C(=O)NCCN2C(=O)S/C(=C\c3ccccc3)C2=O)cc1OCC. The van der Waals surface area contributed by atoms with Crippen molar-refractivity contribution in [3.8, 4) is 11.5 Å². The standard InChI is InChI=1S/C24H25ClN2O5S/c1-3-12-32-21-18(25)14-17(15-19(21)31-4-2)22(28)26-10-11-27-23(29)20(33-24(27)30)13-16-8-6-5-7-9-16/h5-9,13-15H,3-4,10-12H2,1-2H3,(H,26,28)/b20-13-. The number of benzene rings is 2. The van der Waals surface area contributed by atoms with Crippen molar-refractivity contribution < 1.29 is 23.9 Å². The van der Waals surface area contributed by atoms with Crippen LogP contribution < -0.4 is 14.8 Å². The predicted octanol–water partition coefficient (Wildman–Crippen LogP) is 4.99. The highest BCUT2D eigenvalue weighted by Gasteiger charge is 2.34. The summed E-state index contributed by atoms with van der Waals surface area (Å²) in [4.78, 5) is 39.0. The van der Waals surface area contributed by atoms with Crippen LogP contribution in [-0.4, -0.2) is 48.3 Å². The van der Waals surface area contributed by atoms with Crippen LogP contribution in [0.1, 0.15) is 36.2 Å². The Kier molecular flexibility index (Phi) is 8.79. The van der Waals surface area contributed by atoms with Gasteiger partial charge in [0.25, 0.3) is 17.1 Å². The van der Waals surface area contributed by atoms with Gasteiger partial charge in [-0.15, -0.1) is 0 Å². The molecule has 0 spiro atoms. The predicted molar refractivity (Wildman–Crippen MR) is 130 cm³/mol. The van der Waals surface area contributed by atoms with Gasteiger partial charge in [0.15, 0.2) is 11.5 Å². The topological polar surface area (TPSA) is 84.9 Å². The van der Waals surface area contributed by atoms with E-state index in [4.69, 9.17) is 21.1 Å². The normalized spacial score (nSPS) is 14.6. The van der Waals surface area contributed by atoms with Crippen LogP contribution in [0.2, 0.25) is 5.02 Å². The minimum Gasteiger partial charge on any atom is -0.490 e. The van der Waals surface area contributed by atoms with Crippen LogP contribution in [0.15, 0.2) is 47.4 Å². The molecule has 2 aromatic carbocycles. The van der Waals surface area contributed by atoms with Crippen molar-refractivity contribution in [1.82, 2.24) is 10.2 Å². The Morgan fingerprint density at radius 3 is 2.61 bits per heavy atom. The van der Waals surface area contributed by atoms with Gasteiger partial charge in [-0.05, 0) is 48.9 Å². The van der Waals surface area contributed by atoms with Gasteiger partial charge in [0.1, 0.15) is 0 Å². The van der Waals surface area contributed by atoms with Gasteiger partial charge in [0, 0.05) is 18.7 Å². The van der Waals surface area contributed by atoms with Crippen molar-refractivity contribution >= 4 is 46.5 Å². The van der Waals surface area contributed by atoms with Gasteiger partial charge < -0.3 is 14.8 Å². The average Bonchev–Trinajstić information content (AvgIpc) is 3.06. The minimum absolute atomic E-state index is 0.0618. The fraction of sp³-hybridized carbons (Fsp3) is 0.292. The van der Waals surface area contributed by atoms with E-state index in [-0.39, 0.29) is 29.3 Å². The second-order valence-corrected chi connectivity index (χ2v) is 8.47. The number of carbonyl (C=O) groups is 3. The van der Waals surface area contributed by atoms with Gasteiger partial charge in [0.05, 0.1) is 23.1 Å². The third-order valence-electron chi connectivity index (χ3n) is 4.61. The van der Waals surface area contributed by atoms with Gasteiger partial charge >= 0.3 is 0 Å².